The Balaban J connectivity index is 4.27. The number of rotatable bonds is 10. The fraction of sp³-hybridized carbons (Fsp3) is 0.882. The van der Waals surface area contributed by atoms with Crippen molar-refractivity contribution in [2.75, 3.05) is 0 Å². The second-order valence-corrected chi connectivity index (χ2v) is 7.15. The number of unbranched alkanes of at least 4 members (excludes halogenated alkanes) is 2. The van der Waals surface area contributed by atoms with Gasteiger partial charge in [0.25, 0.3) is 0 Å². The number of hydrogen-bond donors (Lipinski definition) is 2. The lowest BCUT2D eigenvalue weighted by molar-refractivity contribution is -0.150. The van der Waals surface area contributed by atoms with Gasteiger partial charge in [-0.25, -0.2) is 0 Å². The maximum atomic E-state index is 11.4. The van der Waals surface area contributed by atoms with Gasteiger partial charge in [0.1, 0.15) is 0 Å². The molecule has 2 N–H and O–H groups in total. The van der Waals surface area contributed by atoms with Crippen LogP contribution in [0.3, 0.4) is 0 Å². The standard InChI is InChI=1S/C17H32O4/c1-6-17(7-2,15(20)21)12-10-8-9-11-13(14(18)19)16(3,4)5/h13H,6-12H2,1-5H3,(H,18,19)(H,20,21). The first kappa shape index (κ1) is 19.9. The Kier molecular flexibility index (Phi) is 7.98. The van der Waals surface area contributed by atoms with Crippen LogP contribution in [0.25, 0.3) is 0 Å². The molecule has 0 aliphatic carbocycles. The number of carboxylic acids is 2. The Morgan fingerprint density at radius 2 is 1.48 bits per heavy atom. The van der Waals surface area contributed by atoms with E-state index in [1.54, 1.807) is 0 Å². The van der Waals surface area contributed by atoms with Crippen molar-refractivity contribution >= 4 is 11.9 Å². The molecule has 0 aliphatic heterocycles. The maximum absolute atomic E-state index is 11.4. The number of carbonyl (C=O) groups is 2. The maximum Gasteiger partial charge on any atom is 0.309 e. The highest BCUT2D eigenvalue weighted by atomic mass is 16.4. The van der Waals surface area contributed by atoms with Crippen molar-refractivity contribution < 1.29 is 19.8 Å². The van der Waals surface area contributed by atoms with Gasteiger partial charge in [-0.15, -0.1) is 0 Å². The second-order valence-electron chi connectivity index (χ2n) is 7.15. The predicted molar refractivity (Wildman–Crippen MR) is 84.3 cm³/mol. The Morgan fingerprint density at radius 1 is 0.952 bits per heavy atom. The average Bonchev–Trinajstić information content (AvgIpc) is 2.36. The summed E-state index contributed by atoms with van der Waals surface area (Å²) in [6, 6.07) is 0. The summed E-state index contributed by atoms with van der Waals surface area (Å²) < 4.78 is 0. The SMILES string of the molecule is CCC(CC)(CCCCCC(C(=O)O)C(C)(C)C)C(=O)O. The smallest absolute Gasteiger partial charge is 0.309 e. The third-order valence-electron chi connectivity index (χ3n) is 4.80. The highest BCUT2D eigenvalue weighted by Gasteiger charge is 2.34. The zero-order chi connectivity index (χ0) is 16.7. The summed E-state index contributed by atoms with van der Waals surface area (Å²) >= 11 is 0. The van der Waals surface area contributed by atoms with E-state index in [2.05, 4.69) is 0 Å². The Morgan fingerprint density at radius 3 is 1.81 bits per heavy atom. The third-order valence-corrected chi connectivity index (χ3v) is 4.80. The first-order valence-corrected chi connectivity index (χ1v) is 8.07. The summed E-state index contributed by atoms with van der Waals surface area (Å²) in [5.41, 5.74) is -0.834. The molecule has 1 atom stereocenters. The molecule has 4 heteroatoms. The summed E-state index contributed by atoms with van der Waals surface area (Å²) in [6.45, 7) is 9.72. The third kappa shape index (κ3) is 6.06. The summed E-state index contributed by atoms with van der Waals surface area (Å²) in [4.78, 5) is 22.7. The Labute approximate surface area is 128 Å². The number of aliphatic carboxylic acids is 2. The summed E-state index contributed by atoms with van der Waals surface area (Å²) in [6.07, 6.45) is 5.24. The van der Waals surface area contributed by atoms with E-state index >= 15 is 0 Å². The van der Waals surface area contributed by atoms with Crippen LogP contribution in [0.15, 0.2) is 0 Å². The quantitative estimate of drug-likeness (QED) is 0.579. The van der Waals surface area contributed by atoms with E-state index < -0.39 is 17.4 Å². The van der Waals surface area contributed by atoms with Crippen LogP contribution in [0.5, 0.6) is 0 Å². The van der Waals surface area contributed by atoms with Crippen LogP contribution in [0.4, 0.5) is 0 Å². The van der Waals surface area contributed by atoms with Gasteiger partial charge >= 0.3 is 11.9 Å². The van der Waals surface area contributed by atoms with E-state index in [0.717, 1.165) is 19.3 Å². The number of hydrogen-bond acceptors (Lipinski definition) is 2. The van der Waals surface area contributed by atoms with Gasteiger partial charge in [-0.05, 0) is 31.1 Å². The zero-order valence-corrected chi connectivity index (χ0v) is 14.2. The van der Waals surface area contributed by atoms with Crippen LogP contribution in [0.1, 0.15) is 79.6 Å². The van der Waals surface area contributed by atoms with Gasteiger partial charge in [0.2, 0.25) is 0 Å². The normalized spacial score (nSPS) is 14.0. The van der Waals surface area contributed by atoms with Gasteiger partial charge in [0.05, 0.1) is 11.3 Å². The molecule has 21 heavy (non-hydrogen) atoms. The first-order chi connectivity index (χ1) is 9.60. The molecule has 0 aromatic rings. The molecule has 0 fully saturated rings. The monoisotopic (exact) mass is 300 g/mol. The van der Waals surface area contributed by atoms with Crippen LogP contribution in [0, 0.1) is 16.7 Å². The predicted octanol–water partition coefficient (Wildman–Crippen LogP) is 4.57. The molecule has 124 valence electrons. The molecule has 0 spiro atoms. The molecule has 0 saturated heterocycles. The van der Waals surface area contributed by atoms with Crippen LogP contribution >= 0.6 is 0 Å². The molecule has 0 radical (unpaired) electrons. The molecule has 1 unspecified atom stereocenters. The molecule has 0 aliphatic rings. The average molecular weight is 300 g/mol. The molecule has 0 aromatic carbocycles. The Hall–Kier alpha value is -1.06. The summed E-state index contributed by atoms with van der Waals surface area (Å²) in [7, 11) is 0. The van der Waals surface area contributed by atoms with Gasteiger partial charge in [-0.3, -0.25) is 9.59 Å². The molecule has 0 rings (SSSR count). The van der Waals surface area contributed by atoms with Crippen molar-refractivity contribution in [2.45, 2.75) is 79.6 Å². The molecule has 0 aromatic heterocycles. The summed E-state index contributed by atoms with van der Waals surface area (Å²) in [5.74, 6) is -1.77. The first-order valence-electron chi connectivity index (χ1n) is 8.07. The second kappa shape index (κ2) is 8.40. The minimum Gasteiger partial charge on any atom is -0.481 e. The molecule has 0 heterocycles. The number of carboxylic acid groups (broad SMARTS) is 2. The van der Waals surface area contributed by atoms with Crippen molar-refractivity contribution in [1.82, 2.24) is 0 Å². The highest BCUT2D eigenvalue weighted by Crippen LogP contribution is 2.34. The van der Waals surface area contributed by atoms with Crippen LogP contribution < -0.4 is 0 Å². The fourth-order valence-corrected chi connectivity index (χ4v) is 2.93. The van der Waals surface area contributed by atoms with Crippen LogP contribution in [0.2, 0.25) is 0 Å². The van der Waals surface area contributed by atoms with Gasteiger partial charge < -0.3 is 10.2 Å². The van der Waals surface area contributed by atoms with Gasteiger partial charge in [-0.2, -0.15) is 0 Å². The zero-order valence-electron chi connectivity index (χ0n) is 14.2. The van der Waals surface area contributed by atoms with E-state index in [0.29, 0.717) is 25.7 Å². The largest absolute Gasteiger partial charge is 0.481 e. The van der Waals surface area contributed by atoms with Gasteiger partial charge in [0, 0.05) is 0 Å². The van der Waals surface area contributed by atoms with Crippen molar-refractivity contribution in [1.29, 1.82) is 0 Å². The molecule has 4 nitrogen and oxygen atoms in total. The van der Waals surface area contributed by atoms with E-state index in [1.807, 2.05) is 34.6 Å². The van der Waals surface area contributed by atoms with Gasteiger partial charge in [-0.1, -0.05) is 53.9 Å². The Bertz CT molecular complexity index is 337. The van der Waals surface area contributed by atoms with E-state index in [4.69, 9.17) is 0 Å². The highest BCUT2D eigenvalue weighted by molar-refractivity contribution is 5.74. The lowest BCUT2D eigenvalue weighted by Gasteiger charge is -2.28. The molecular weight excluding hydrogens is 268 g/mol. The molecule has 0 bridgehead atoms. The van der Waals surface area contributed by atoms with Crippen molar-refractivity contribution in [2.24, 2.45) is 16.7 Å². The van der Waals surface area contributed by atoms with Crippen LogP contribution in [-0.2, 0) is 9.59 Å². The van der Waals surface area contributed by atoms with E-state index in [1.165, 1.54) is 0 Å². The van der Waals surface area contributed by atoms with Crippen LogP contribution in [-0.4, -0.2) is 22.2 Å². The minimum atomic E-state index is -0.732. The fourth-order valence-electron chi connectivity index (χ4n) is 2.93. The van der Waals surface area contributed by atoms with Gasteiger partial charge in [0.15, 0.2) is 0 Å². The van der Waals surface area contributed by atoms with Crippen molar-refractivity contribution in [3.63, 3.8) is 0 Å². The van der Waals surface area contributed by atoms with Crippen molar-refractivity contribution in [3.05, 3.63) is 0 Å². The van der Waals surface area contributed by atoms with E-state index in [-0.39, 0.29) is 11.3 Å². The minimum absolute atomic E-state index is 0.233. The van der Waals surface area contributed by atoms with E-state index in [9.17, 15) is 19.8 Å². The molecule has 0 amide bonds. The topological polar surface area (TPSA) is 74.6 Å². The molecular formula is C17H32O4. The summed E-state index contributed by atoms with van der Waals surface area (Å²) in [5, 5.41) is 18.6. The molecule has 0 saturated carbocycles. The lowest BCUT2D eigenvalue weighted by atomic mass is 9.76. The lowest BCUT2D eigenvalue weighted by Crippen LogP contribution is -2.29. The van der Waals surface area contributed by atoms with Crippen molar-refractivity contribution in [3.8, 4) is 0 Å².